The van der Waals surface area contributed by atoms with E-state index in [0.717, 1.165) is 5.56 Å². The van der Waals surface area contributed by atoms with E-state index < -0.39 is 0 Å². The number of likely N-dealkylation sites (tertiary alicyclic amines) is 1. The van der Waals surface area contributed by atoms with E-state index in [9.17, 15) is 9.59 Å². The molecule has 6 heteroatoms. The van der Waals surface area contributed by atoms with Crippen molar-refractivity contribution in [2.45, 2.75) is 32.7 Å². The number of rotatable bonds is 5. The fourth-order valence-electron chi connectivity index (χ4n) is 2.62. The highest BCUT2D eigenvalue weighted by Gasteiger charge is 2.38. The van der Waals surface area contributed by atoms with Crippen molar-refractivity contribution in [3.8, 4) is 0 Å². The molecule has 3 rings (SSSR count). The van der Waals surface area contributed by atoms with E-state index in [1.54, 1.807) is 0 Å². The first-order valence-corrected chi connectivity index (χ1v) is 7.37. The molecule has 2 amide bonds. The van der Waals surface area contributed by atoms with Gasteiger partial charge in [-0.2, -0.15) is 4.98 Å². The van der Waals surface area contributed by atoms with Crippen molar-refractivity contribution in [3.63, 3.8) is 0 Å². The predicted molar refractivity (Wildman–Crippen MR) is 77.5 cm³/mol. The molecule has 2 heterocycles. The summed E-state index contributed by atoms with van der Waals surface area (Å²) >= 11 is 0. The molecule has 114 valence electrons. The van der Waals surface area contributed by atoms with E-state index in [1.165, 1.54) is 4.90 Å². The Hall–Kier alpha value is -2.50. The molecule has 0 aliphatic carbocycles. The van der Waals surface area contributed by atoms with Crippen LogP contribution in [0.2, 0.25) is 0 Å². The second-order valence-electron chi connectivity index (χ2n) is 5.37. The third-order valence-corrected chi connectivity index (χ3v) is 3.77. The van der Waals surface area contributed by atoms with Crippen LogP contribution >= 0.6 is 0 Å². The minimum absolute atomic E-state index is 0.0897. The summed E-state index contributed by atoms with van der Waals surface area (Å²) in [5.41, 5.74) is 1.06. The van der Waals surface area contributed by atoms with Crippen LogP contribution in [0.5, 0.6) is 0 Å². The van der Waals surface area contributed by atoms with Crippen molar-refractivity contribution >= 4 is 11.8 Å². The largest absolute Gasteiger partial charge is 0.339 e. The number of benzene rings is 1. The van der Waals surface area contributed by atoms with E-state index in [0.29, 0.717) is 24.6 Å². The van der Waals surface area contributed by atoms with Crippen LogP contribution in [0.15, 0.2) is 34.9 Å². The number of hydrogen-bond donors (Lipinski definition) is 0. The van der Waals surface area contributed by atoms with Gasteiger partial charge in [0.05, 0.1) is 12.5 Å². The molecule has 6 nitrogen and oxygen atoms in total. The number of hydrogen-bond acceptors (Lipinski definition) is 5. The van der Waals surface area contributed by atoms with E-state index in [2.05, 4.69) is 10.1 Å². The normalized spacial score (nSPS) is 18.2. The molecule has 1 aromatic heterocycles. The molecular formula is C16H17N3O3. The molecule has 0 spiro atoms. The Bertz CT molecular complexity index is 681. The van der Waals surface area contributed by atoms with Crippen molar-refractivity contribution in [1.82, 2.24) is 15.0 Å². The summed E-state index contributed by atoms with van der Waals surface area (Å²) in [6.45, 7) is 1.99. The highest BCUT2D eigenvalue weighted by atomic mass is 16.5. The zero-order valence-corrected chi connectivity index (χ0v) is 12.4. The van der Waals surface area contributed by atoms with Crippen LogP contribution in [0.25, 0.3) is 0 Å². The van der Waals surface area contributed by atoms with Gasteiger partial charge in [-0.1, -0.05) is 42.4 Å². The average Bonchev–Trinajstić information content (AvgIpc) is 3.09. The summed E-state index contributed by atoms with van der Waals surface area (Å²) in [5, 5.41) is 3.80. The number of carbonyl (C=O) groups excluding carboxylic acids is 2. The third kappa shape index (κ3) is 2.90. The van der Waals surface area contributed by atoms with E-state index >= 15 is 0 Å². The standard InChI is InChI=1S/C16H17N3O3/c1-2-14-17-13(18-22-14)10-19-15(20)9-12(16(19)21)8-11-6-4-3-5-7-11/h3-7,12H,2,8-10H2,1H3. The molecule has 22 heavy (non-hydrogen) atoms. The highest BCUT2D eigenvalue weighted by Crippen LogP contribution is 2.24. The topological polar surface area (TPSA) is 76.3 Å². The van der Waals surface area contributed by atoms with Crippen LogP contribution in [0.1, 0.15) is 30.6 Å². The first kappa shape index (κ1) is 14.4. The molecule has 0 radical (unpaired) electrons. The lowest BCUT2D eigenvalue weighted by Crippen LogP contribution is -2.31. The molecule has 2 aromatic rings. The average molecular weight is 299 g/mol. The molecule has 1 saturated heterocycles. The molecular weight excluding hydrogens is 282 g/mol. The van der Waals surface area contributed by atoms with Crippen molar-refractivity contribution in [3.05, 3.63) is 47.6 Å². The van der Waals surface area contributed by atoms with Crippen LogP contribution in [0.4, 0.5) is 0 Å². The lowest BCUT2D eigenvalue weighted by atomic mass is 9.98. The van der Waals surface area contributed by atoms with Gasteiger partial charge in [-0.05, 0) is 12.0 Å². The third-order valence-electron chi connectivity index (χ3n) is 3.77. The van der Waals surface area contributed by atoms with Gasteiger partial charge in [-0.25, -0.2) is 0 Å². The van der Waals surface area contributed by atoms with Crippen molar-refractivity contribution in [2.24, 2.45) is 5.92 Å². The Kier molecular flexibility index (Phi) is 4.00. The van der Waals surface area contributed by atoms with Gasteiger partial charge in [-0.3, -0.25) is 14.5 Å². The molecule has 1 unspecified atom stereocenters. The summed E-state index contributed by atoms with van der Waals surface area (Å²) in [4.78, 5) is 29.9. The fraction of sp³-hybridized carbons (Fsp3) is 0.375. The summed E-state index contributed by atoms with van der Waals surface area (Å²) in [7, 11) is 0. The van der Waals surface area contributed by atoms with Gasteiger partial charge in [0.2, 0.25) is 17.7 Å². The van der Waals surface area contributed by atoms with Gasteiger partial charge in [0.1, 0.15) is 0 Å². The first-order chi connectivity index (χ1) is 10.7. The fourth-order valence-corrected chi connectivity index (χ4v) is 2.62. The zero-order valence-electron chi connectivity index (χ0n) is 12.4. The quantitative estimate of drug-likeness (QED) is 0.786. The summed E-state index contributed by atoms with van der Waals surface area (Å²) in [5.74, 6) is 0.256. The minimum Gasteiger partial charge on any atom is -0.339 e. The van der Waals surface area contributed by atoms with E-state index in [4.69, 9.17) is 4.52 Å². The summed E-state index contributed by atoms with van der Waals surface area (Å²) in [6, 6.07) is 9.72. The SMILES string of the molecule is CCc1nc(CN2C(=O)CC(Cc3ccccc3)C2=O)no1. The van der Waals surface area contributed by atoms with Crippen molar-refractivity contribution in [1.29, 1.82) is 0 Å². The molecule has 1 fully saturated rings. The second-order valence-corrected chi connectivity index (χ2v) is 5.37. The Morgan fingerprint density at radius 2 is 2.05 bits per heavy atom. The smallest absolute Gasteiger partial charge is 0.233 e. The van der Waals surface area contributed by atoms with Crippen LogP contribution in [0.3, 0.4) is 0 Å². The number of aromatic nitrogens is 2. The van der Waals surface area contributed by atoms with Crippen LogP contribution in [-0.4, -0.2) is 26.9 Å². The number of imide groups is 1. The van der Waals surface area contributed by atoms with Gasteiger partial charge in [0, 0.05) is 12.8 Å². The van der Waals surface area contributed by atoms with Gasteiger partial charge in [-0.15, -0.1) is 0 Å². The molecule has 1 atom stereocenters. The Morgan fingerprint density at radius 3 is 2.73 bits per heavy atom. The molecule has 1 aliphatic rings. The Balaban J connectivity index is 1.68. The summed E-state index contributed by atoms with van der Waals surface area (Å²) in [6.07, 6.45) is 1.45. The maximum absolute atomic E-state index is 12.4. The van der Waals surface area contributed by atoms with Crippen LogP contribution < -0.4 is 0 Å². The lowest BCUT2D eigenvalue weighted by Gasteiger charge is -2.12. The molecule has 0 saturated carbocycles. The second kappa shape index (κ2) is 6.09. The maximum atomic E-state index is 12.4. The van der Waals surface area contributed by atoms with Crippen LogP contribution in [-0.2, 0) is 29.0 Å². The maximum Gasteiger partial charge on any atom is 0.233 e. The number of nitrogens with zero attached hydrogens (tertiary/aromatic N) is 3. The highest BCUT2D eigenvalue weighted by molar-refractivity contribution is 6.03. The molecule has 0 bridgehead atoms. The Labute approximate surface area is 128 Å². The van der Waals surface area contributed by atoms with Gasteiger partial charge >= 0.3 is 0 Å². The van der Waals surface area contributed by atoms with Crippen molar-refractivity contribution in [2.75, 3.05) is 0 Å². The monoisotopic (exact) mass is 299 g/mol. The van der Waals surface area contributed by atoms with Gasteiger partial charge in [0.15, 0.2) is 5.82 Å². The predicted octanol–water partition coefficient (Wildman–Crippen LogP) is 1.75. The lowest BCUT2D eigenvalue weighted by molar-refractivity contribution is -0.140. The molecule has 1 aromatic carbocycles. The van der Waals surface area contributed by atoms with E-state index in [1.807, 2.05) is 37.3 Å². The van der Waals surface area contributed by atoms with Gasteiger partial charge < -0.3 is 4.52 Å². The number of carbonyl (C=O) groups is 2. The molecule has 0 N–H and O–H groups in total. The number of aryl methyl sites for hydroxylation is 1. The van der Waals surface area contributed by atoms with Gasteiger partial charge in [0.25, 0.3) is 0 Å². The van der Waals surface area contributed by atoms with E-state index in [-0.39, 0.29) is 30.7 Å². The van der Waals surface area contributed by atoms with Crippen LogP contribution in [0, 0.1) is 5.92 Å². The number of amides is 2. The Morgan fingerprint density at radius 1 is 1.27 bits per heavy atom. The first-order valence-electron chi connectivity index (χ1n) is 7.37. The molecule has 1 aliphatic heterocycles. The minimum atomic E-state index is -0.299. The van der Waals surface area contributed by atoms with Crippen molar-refractivity contribution < 1.29 is 14.1 Å². The summed E-state index contributed by atoms with van der Waals surface area (Å²) < 4.78 is 5.01. The zero-order chi connectivity index (χ0) is 15.5.